The van der Waals surface area contributed by atoms with Gasteiger partial charge in [0.1, 0.15) is 6.61 Å². The first-order valence-corrected chi connectivity index (χ1v) is 5.18. The predicted molar refractivity (Wildman–Crippen MR) is 55.7 cm³/mol. The Morgan fingerprint density at radius 2 is 2.12 bits per heavy atom. The van der Waals surface area contributed by atoms with Gasteiger partial charge in [0.25, 0.3) is 6.43 Å². The summed E-state index contributed by atoms with van der Waals surface area (Å²) in [6.45, 7) is 2.62. The number of hydrogen-bond donors (Lipinski definition) is 1. The summed E-state index contributed by atoms with van der Waals surface area (Å²) in [5.41, 5.74) is 5.71. The number of alkyl halides is 2. The minimum absolute atomic E-state index is 0.162. The topological polar surface area (TPSA) is 60.1 Å². The molecule has 1 aliphatic rings. The first-order valence-electron chi connectivity index (χ1n) is 5.18. The summed E-state index contributed by atoms with van der Waals surface area (Å²) in [5, 5.41) is 0. The van der Waals surface area contributed by atoms with Crippen LogP contribution in [0.4, 0.5) is 8.78 Å². The van der Waals surface area contributed by atoms with Crippen molar-refractivity contribution < 1.29 is 18.3 Å². The van der Waals surface area contributed by atoms with Crippen molar-refractivity contribution in [2.45, 2.75) is 6.43 Å². The van der Waals surface area contributed by atoms with E-state index in [1.165, 1.54) is 0 Å². The number of nitrogens with zero attached hydrogens (tertiary/aromatic N) is 2. The highest BCUT2D eigenvalue weighted by Gasteiger charge is 2.11. The van der Waals surface area contributed by atoms with E-state index in [9.17, 15) is 8.78 Å². The molecule has 1 saturated heterocycles. The number of morpholine rings is 1. The summed E-state index contributed by atoms with van der Waals surface area (Å²) in [4.78, 5) is 5.94. The normalized spacial score (nSPS) is 18.2. The molecule has 5 nitrogen and oxygen atoms in total. The highest BCUT2D eigenvalue weighted by molar-refractivity contribution is 5.78. The molecule has 0 amide bonds. The molecule has 0 unspecified atom stereocenters. The Labute approximate surface area is 93.2 Å². The average Bonchev–Trinajstić information content (AvgIpc) is 2.29. The molecule has 0 aliphatic carbocycles. The van der Waals surface area contributed by atoms with Gasteiger partial charge in [-0.1, -0.05) is 0 Å². The molecular weight excluding hydrogens is 220 g/mol. The van der Waals surface area contributed by atoms with E-state index >= 15 is 0 Å². The summed E-state index contributed by atoms with van der Waals surface area (Å²) in [6.07, 6.45) is -2.43. The van der Waals surface area contributed by atoms with E-state index in [0.29, 0.717) is 38.8 Å². The van der Waals surface area contributed by atoms with Gasteiger partial charge in [-0.2, -0.15) is 0 Å². The number of nitrogens with two attached hydrogens (primary N) is 1. The zero-order valence-corrected chi connectivity index (χ0v) is 9.07. The highest BCUT2D eigenvalue weighted by atomic mass is 19.3. The fourth-order valence-corrected chi connectivity index (χ4v) is 1.29. The van der Waals surface area contributed by atoms with E-state index in [4.69, 9.17) is 10.5 Å². The van der Waals surface area contributed by atoms with Crippen LogP contribution in [0, 0.1) is 0 Å². The molecular formula is C9H17F2N3O2. The van der Waals surface area contributed by atoms with Crippen molar-refractivity contribution in [1.82, 2.24) is 4.90 Å². The molecule has 0 spiro atoms. The summed E-state index contributed by atoms with van der Waals surface area (Å²) >= 11 is 0. The molecule has 2 N–H and O–H groups in total. The van der Waals surface area contributed by atoms with Crippen LogP contribution < -0.4 is 5.73 Å². The van der Waals surface area contributed by atoms with Gasteiger partial charge in [0.2, 0.25) is 0 Å². The largest absolute Gasteiger partial charge is 0.378 e. The molecule has 7 heteroatoms. The first-order chi connectivity index (χ1) is 7.70. The Balaban J connectivity index is 2.12. The van der Waals surface area contributed by atoms with Crippen LogP contribution in [0.2, 0.25) is 0 Å². The lowest BCUT2D eigenvalue weighted by atomic mass is 10.4. The Kier molecular flexibility index (Phi) is 6.02. The lowest BCUT2D eigenvalue weighted by Gasteiger charge is -2.27. The average molecular weight is 237 g/mol. The van der Waals surface area contributed by atoms with Crippen molar-refractivity contribution in [3.8, 4) is 0 Å². The fraction of sp³-hybridized carbons (Fsp3) is 0.889. The second kappa shape index (κ2) is 7.34. The van der Waals surface area contributed by atoms with Crippen LogP contribution >= 0.6 is 0 Å². The number of ether oxygens (including phenoxy) is 2. The van der Waals surface area contributed by atoms with Gasteiger partial charge in [0, 0.05) is 13.1 Å². The van der Waals surface area contributed by atoms with Crippen molar-refractivity contribution in [1.29, 1.82) is 0 Å². The monoisotopic (exact) mass is 237 g/mol. The maximum Gasteiger partial charge on any atom is 0.261 e. The molecule has 0 aromatic carbocycles. The van der Waals surface area contributed by atoms with Gasteiger partial charge in [-0.25, -0.2) is 8.78 Å². The molecule has 1 heterocycles. The predicted octanol–water partition coefficient (Wildman–Crippen LogP) is -0.0850. The molecule has 0 aromatic rings. The van der Waals surface area contributed by atoms with E-state index < -0.39 is 13.0 Å². The summed E-state index contributed by atoms with van der Waals surface area (Å²) in [5.74, 6) is 0.420. The van der Waals surface area contributed by atoms with Crippen LogP contribution in [-0.2, 0) is 9.47 Å². The van der Waals surface area contributed by atoms with Gasteiger partial charge in [-0.15, -0.1) is 0 Å². The molecule has 0 radical (unpaired) electrons. The highest BCUT2D eigenvalue weighted by Crippen LogP contribution is 1.96. The standard InChI is InChI=1S/C9H17F2N3O2/c10-8(11)7-16-4-1-13-9(12)14-2-5-15-6-3-14/h8H,1-7H2,(H2,12,13). The van der Waals surface area contributed by atoms with Gasteiger partial charge >= 0.3 is 0 Å². The minimum Gasteiger partial charge on any atom is -0.378 e. The third kappa shape index (κ3) is 5.22. The number of rotatable bonds is 5. The quantitative estimate of drug-likeness (QED) is 0.412. The van der Waals surface area contributed by atoms with Crippen LogP contribution in [0.3, 0.4) is 0 Å². The van der Waals surface area contributed by atoms with Crippen molar-refractivity contribution in [2.24, 2.45) is 10.7 Å². The molecule has 0 atom stereocenters. The molecule has 1 rings (SSSR count). The Bertz CT molecular complexity index is 221. The van der Waals surface area contributed by atoms with E-state index in [0.717, 1.165) is 0 Å². The van der Waals surface area contributed by atoms with Crippen molar-refractivity contribution in [2.75, 3.05) is 46.1 Å². The second-order valence-electron chi connectivity index (χ2n) is 3.31. The Morgan fingerprint density at radius 3 is 2.75 bits per heavy atom. The van der Waals surface area contributed by atoms with Crippen molar-refractivity contribution >= 4 is 5.96 Å². The fourth-order valence-electron chi connectivity index (χ4n) is 1.29. The van der Waals surface area contributed by atoms with Crippen LogP contribution in [0.5, 0.6) is 0 Å². The first kappa shape index (κ1) is 13.1. The SMILES string of the molecule is NC(=NCCOCC(F)F)N1CCOCC1. The molecule has 94 valence electrons. The number of hydrogen-bond acceptors (Lipinski definition) is 3. The molecule has 1 aliphatic heterocycles. The molecule has 0 aromatic heterocycles. The molecule has 0 bridgehead atoms. The van der Waals surface area contributed by atoms with Crippen molar-refractivity contribution in [3.05, 3.63) is 0 Å². The maximum absolute atomic E-state index is 11.7. The summed E-state index contributed by atoms with van der Waals surface area (Å²) in [7, 11) is 0. The third-order valence-corrected chi connectivity index (χ3v) is 2.09. The van der Waals surface area contributed by atoms with Crippen LogP contribution in [0.1, 0.15) is 0 Å². The van der Waals surface area contributed by atoms with Gasteiger partial charge in [-0.05, 0) is 0 Å². The number of halogens is 2. The van der Waals surface area contributed by atoms with Gasteiger partial charge in [-0.3, -0.25) is 4.99 Å². The molecule has 16 heavy (non-hydrogen) atoms. The summed E-state index contributed by atoms with van der Waals surface area (Å²) < 4.78 is 33.2. The Morgan fingerprint density at radius 1 is 1.44 bits per heavy atom. The lowest BCUT2D eigenvalue weighted by molar-refractivity contribution is 0.0205. The van der Waals surface area contributed by atoms with E-state index in [-0.39, 0.29) is 6.61 Å². The smallest absolute Gasteiger partial charge is 0.261 e. The van der Waals surface area contributed by atoms with Crippen LogP contribution in [0.25, 0.3) is 0 Å². The van der Waals surface area contributed by atoms with Crippen LogP contribution in [-0.4, -0.2) is 63.3 Å². The third-order valence-electron chi connectivity index (χ3n) is 2.09. The molecule has 1 fully saturated rings. The molecule has 0 saturated carbocycles. The van der Waals surface area contributed by atoms with E-state index in [1.54, 1.807) is 0 Å². The van der Waals surface area contributed by atoms with Gasteiger partial charge < -0.3 is 20.1 Å². The minimum atomic E-state index is -2.43. The van der Waals surface area contributed by atoms with Gasteiger partial charge in [0.05, 0.1) is 26.4 Å². The number of guanidine groups is 1. The zero-order chi connectivity index (χ0) is 11.8. The van der Waals surface area contributed by atoms with E-state index in [1.807, 2.05) is 4.90 Å². The van der Waals surface area contributed by atoms with E-state index in [2.05, 4.69) is 9.73 Å². The van der Waals surface area contributed by atoms with Crippen LogP contribution in [0.15, 0.2) is 4.99 Å². The van der Waals surface area contributed by atoms with Gasteiger partial charge in [0.15, 0.2) is 5.96 Å². The Hall–Kier alpha value is -0.950. The zero-order valence-electron chi connectivity index (χ0n) is 9.07. The summed E-state index contributed by atoms with van der Waals surface area (Å²) in [6, 6.07) is 0. The maximum atomic E-state index is 11.7. The van der Waals surface area contributed by atoms with Crippen molar-refractivity contribution in [3.63, 3.8) is 0 Å². The number of aliphatic imine (C=N–C) groups is 1. The lowest BCUT2D eigenvalue weighted by Crippen LogP contribution is -2.45. The second-order valence-corrected chi connectivity index (χ2v) is 3.31.